The highest BCUT2D eigenvalue weighted by molar-refractivity contribution is 5.77. The molecule has 0 saturated heterocycles. The zero-order valence-electron chi connectivity index (χ0n) is 12.8. The first-order valence-electron chi connectivity index (χ1n) is 7.83. The molecule has 1 aliphatic rings. The highest BCUT2D eigenvalue weighted by atomic mass is 19.1. The number of nitrogens with one attached hydrogen (secondary N) is 1. The molecule has 1 aromatic carbocycles. The third-order valence-electron chi connectivity index (χ3n) is 3.95. The van der Waals surface area contributed by atoms with Crippen molar-refractivity contribution < 1.29 is 13.9 Å². The molecule has 0 unspecified atom stereocenters. The fourth-order valence-corrected chi connectivity index (χ4v) is 2.73. The predicted molar refractivity (Wildman–Crippen MR) is 84.6 cm³/mol. The van der Waals surface area contributed by atoms with E-state index in [4.69, 9.17) is 4.74 Å². The Bertz CT molecular complexity index is 686. The van der Waals surface area contributed by atoms with Gasteiger partial charge in [-0.3, -0.25) is 9.78 Å². The summed E-state index contributed by atoms with van der Waals surface area (Å²) in [7, 11) is 0. The molecule has 2 aromatic rings. The van der Waals surface area contributed by atoms with Gasteiger partial charge in [-0.05, 0) is 49.4 Å². The van der Waals surface area contributed by atoms with Crippen molar-refractivity contribution in [3.05, 3.63) is 59.2 Å². The van der Waals surface area contributed by atoms with E-state index in [9.17, 15) is 9.18 Å². The maximum Gasteiger partial charge on any atom is 0.258 e. The van der Waals surface area contributed by atoms with Crippen LogP contribution in [0.25, 0.3) is 0 Å². The molecule has 1 aromatic heterocycles. The molecular formula is C18H19FN2O2. The second-order valence-corrected chi connectivity index (χ2v) is 5.63. The Labute approximate surface area is 134 Å². The molecule has 1 amide bonds. The number of rotatable bonds is 5. The largest absolute Gasteiger partial charge is 0.483 e. The summed E-state index contributed by atoms with van der Waals surface area (Å²) >= 11 is 0. The molecule has 5 heteroatoms. The molecule has 0 spiro atoms. The van der Waals surface area contributed by atoms with Crippen molar-refractivity contribution in [3.8, 4) is 5.75 Å². The van der Waals surface area contributed by atoms with E-state index in [1.807, 2.05) is 6.07 Å². The molecule has 1 N–H and O–H groups in total. The molecule has 23 heavy (non-hydrogen) atoms. The molecule has 0 bridgehead atoms. The van der Waals surface area contributed by atoms with E-state index in [0.717, 1.165) is 48.3 Å². The molecule has 0 aliphatic heterocycles. The molecule has 120 valence electrons. The van der Waals surface area contributed by atoms with Crippen LogP contribution in [0.5, 0.6) is 5.75 Å². The monoisotopic (exact) mass is 314 g/mol. The zero-order chi connectivity index (χ0) is 16.1. The van der Waals surface area contributed by atoms with E-state index < -0.39 is 0 Å². The summed E-state index contributed by atoms with van der Waals surface area (Å²) in [5, 5.41) is 2.77. The molecular weight excluding hydrogens is 295 g/mol. The number of amides is 1. The van der Waals surface area contributed by atoms with Gasteiger partial charge in [-0.15, -0.1) is 0 Å². The van der Waals surface area contributed by atoms with E-state index in [1.54, 1.807) is 18.3 Å². The fourth-order valence-electron chi connectivity index (χ4n) is 2.73. The molecule has 0 atom stereocenters. The number of benzene rings is 1. The summed E-state index contributed by atoms with van der Waals surface area (Å²) in [4.78, 5) is 16.3. The number of pyridine rings is 1. The Kier molecular flexibility index (Phi) is 4.86. The van der Waals surface area contributed by atoms with Gasteiger partial charge in [-0.25, -0.2) is 4.39 Å². The number of halogens is 1. The number of aromatic nitrogens is 1. The second-order valence-electron chi connectivity index (χ2n) is 5.63. The van der Waals surface area contributed by atoms with Gasteiger partial charge in [0.25, 0.3) is 5.91 Å². The molecule has 3 rings (SSSR count). The quantitative estimate of drug-likeness (QED) is 0.923. The number of hydrogen-bond acceptors (Lipinski definition) is 3. The number of nitrogens with zero attached hydrogens (tertiary/aromatic N) is 1. The van der Waals surface area contributed by atoms with Gasteiger partial charge in [0.15, 0.2) is 6.61 Å². The minimum absolute atomic E-state index is 0.0301. The van der Waals surface area contributed by atoms with E-state index in [0.29, 0.717) is 6.54 Å². The van der Waals surface area contributed by atoms with Crippen molar-refractivity contribution in [1.29, 1.82) is 0 Å². The summed E-state index contributed by atoms with van der Waals surface area (Å²) in [6.45, 7) is 0.328. The minimum Gasteiger partial charge on any atom is -0.483 e. The van der Waals surface area contributed by atoms with Crippen molar-refractivity contribution in [2.24, 2.45) is 0 Å². The van der Waals surface area contributed by atoms with Crippen LogP contribution in [0.1, 0.15) is 29.7 Å². The van der Waals surface area contributed by atoms with Crippen LogP contribution in [0.2, 0.25) is 0 Å². The smallest absolute Gasteiger partial charge is 0.258 e. The number of carbonyl (C=O) groups is 1. The van der Waals surface area contributed by atoms with Crippen LogP contribution in [-0.2, 0) is 24.2 Å². The molecule has 0 radical (unpaired) electrons. The van der Waals surface area contributed by atoms with Crippen LogP contribution in [0.3, 0.4) is 0 Å². The van der Waals surface area contributed by atoms with Crippen LogP contribution in [-0.4, -0.2) is 17.5 Å². The lowest BCUT2D eigenvalue weighted by Crippen LogP contribution is -2.28. The maximum atomic E-state index is 12.8. The van der Waals surface area contributed by atoms with Gasteiger partial charge in [0.05, 0.1) is 0 Å². The first-order chi connectivity index (χ1) is 11.2. The molecule has 4 nitrogen and oxygen atoms in total. The first-order valence-corrected chi connectivity index (χ1v) is 7.83. The van der Waals surface area contributed by atoms with Crippen LogP contribution in [0.15, 0.2) is 36.5 Å². The Morgan fingerprint density at radius 2 is 1.96 bits per heavy atom. The van der Waals surface area contributed by atoms with Crippen molar-refractivity contribution in [2.45, 2.75) is 32.2 Å². The normalized spacial score (nSPS) is 13.3. The molecule has 1 aliphatic carbocycles. The average Bonchev–Trinajstić information content (AvgIpc) is 2.59. The minimum atomic E-state index is -0.286. The van der Waals surface area contributed by atoms with E-state index >= 15 is 0 Å². The van der Waals surface area contributed by atoms with Crippen LogP contribution in [0.4, 0.5) is 4.39 Å². The van der Waals surface area contributed by atoms with E-state index in [-0.39, 0.29) is 18.3 Å². The highest BCUT2D eigenvalue weighted by Gasteiger charge is 2.15. The Morgan fingerprint density at radius 3 is 2.78 bits per heavy atom. The summed E-state index contributed by atoms with van der Waals surface area (Å²) in [5.41, 5.74) is 3.06. The van der Waals surface area contributed by atoms with Crippen molar-refractivity contribution in [1.82, 2.24) is 10.3 Å². The summed E-state index contributed by atoms with van der Waals surface area (Å²) < 4.78 is 18.5. The van der Waals surface area contributed by atoms with Gasteiger partial charge in [-0.2, -0.15) is 0 Å². The van der Waals surface area contributed by atoms with Crippen molar-refractivity contribution in [3.63, 3.8) is 0 Å². The topological polar surface area (TPSA) is 51.2 Å². The number of fused-ring (bicyclic) bond motifs is 1. The Hall–Kier alpha value is -2.43. The van der Waals surface area contributed by atoms with Gasteiger partial charge in [-0.1, -0.05) is 12.1 Å². The van der Waals surface area contributed by atoms with E-state index in [1.165, 1.54) is 12.1 Å². The summed E-state index contributed by atoms with van der Waals surface area (Å²) in [6.07, 6.45) is 5.95. The van der Waals surface area contributed by atoms with Gasteiger partial charge in [0.1, 0.15) is 11.6 Å². The molecule has 1 heterocycles. The third kappa shape index (κ3) is 4.06. The fraction of sp³-hybridized carbons (Fsp3) is 0.333. The highest BCUT2D eigenvalue weighted by Crippen LogP contribution is 2.27. The predicted octanol–water partition coefficient (Wildman–Crippen LogP) is 2.79. The number of hydrogen-bond donors (Lipinski definition) is 1. The van der Waals surface area contributed by atoms with Gasteiger partial charge >= 0.3 is 0 Å². The average molecular weight is 314 g/mol. The van der Waals surface area contributed by atoms with Crippen LogP contribution >= 0.6 is 0 Å². The zero-order valence-corrected chi connectivity index (χ0v) is 12.8. The molecule has 0 saturated carbocycles. The van der Waals surface area contributed by atoms with Crippen LogP contribution < -0.4 is 10.1 Å². The summed E-state index contributed by atoms with van der Waals surface area (Å²) in [6, 6.07) is 7.87. The lowest BCUT2D eigenvalue weighted by molar-refractivity contribution is -0.123. The number of aryl methyl sites for hydroxylation is 1. The maximum absolute atomic E-state index is 12.8. The van der Waals surface area contributed by atoms with Crippen molar-refractivity contribution in [2.75, 3.05) is 6.61 Å². The second kappa shape index (κ2) is 7.22. The van der Waals surface area contributed by atoms with Gasteiger partial charge in [0, 0.05) is 24.0 Å². The Morgan fingerprint density at radius 1 is 1.17 bits per heavy atom. The van der Waals surface area contributed by atoms with E-state index in [2.05, 4.69) is 10.3 Å². The lowest BCUT2D eigenvalue weighted by Gasteiger charge is -2.18. The Balaban J connectivity index is 1.52. The third-order valence-corrected chi connectivity index (χ3v) is 3.95. The number of ether oxygens (including phenoxy) is 1. The lowest BCUT2D eigenvalue weighted by atomic mass is 9.95. The molecule has 0 fully saturated rings. The van der Waals surface area contributed by atoms with Gasteiger partial charge < -0.3 is 10.1 Å². The van der Waals surface area contributed by atoms with Gasteiger partial charge in [0.2, 0.25) is 0 Å². The van der Waals surface area contributed by atoms with Crippen LogP contribution in [0, 0.1) is 5.82 Å². The SMILES string of the molecule is O=C(COc1ccnc2c1CCCC2)NCc1ccc(F)cc1. The standard InChI is InChI=1S/C18H19FN2O2/c19-14-7-5-13(6-8-14)11-21-18(22)12-23-17-9-10-20-16-4-2-1-3-15(16)17/h5-10H,1-4,11-12H2,(H,21,22). The first kappa shape index (κ1) is 15.5. The van der Waals surface area contributed by atoms with Crippen molar-refractivity contribution >= 4 is 5.91 Å². The summed E-state index contributed by atoms with van der Waals surface area (Å²) in [5.74, 6) is 0.271. The number of carbonyl (C=O) groups excluding carboxylic acids is 1.